The molecule has 2 heterocycles. The maximum Gasteiger partial charge on any atom is 0.359 e. The van der Waals surface area contributed by atoms with E-state index in [0.717, 1.165) is 12.8 Å². The summed E-state index contributed by atoms with van der Waals surface area (Å²) in [7, 11) is 0. The maximum absolute atomic E-state index is 12.3. The Labute approximate surface area is 159 Å². The van der Waals surface area contributed by atoms with Crippen LogP contribution in [-0.4, -0.2) is 42.6 Å². The first-order valence-corrected chi connectivity index (χ1v) is 8.90. The van der Waals surface area contributed by atoms with Gasteiger partial charge in [-0.05, 0) is 41.5 Å². The Bertz CT molecular complexity index is 1010. The Hall–Kier alpha value is -3.56. The van der Waals surface area contributed by atoms with Crippen LogP contribution in [0.2, 0.25) is 0 Å². The van der Waals surface area contributed by atoms with E-state index in [1.165, 1.54) is 16.8 Å². The molecule has 28 heavy (non-hydrogen) atoms. The number of carbonyl (C=O) groups is 1. The summed E-state index contributed by atoms with van der Waals surface area (Å²) in [5.74, 6) is 0.531. The highest BCUT2D eigenvalue weighted by Crippen LogP contribution is 2.34. The van der Waals surface area contributed by atoms with Gasteiger partial charge in [0.25, 0.3) is 5.56 Å². The molecule has 10 heteroatoms. The Morgan fingerprint density at radius 1 is 1.14 bits per heavy atom. The number of nitrogens with zero attached hydrogens (tertiary/aromatic N) is 6. The van der Waals surface area contributed by atoms with Crippen LogP contribution in [0.15, 0.2) is 47.3 Å². The van der Waals surface area contributed by atoms with E-state index < -0.39 is 5.97 Å². The summed E-state index contributed by atoms with van der Waals surface area (Å²) in [6, 6.07) is 12.1. The van der Waals surface area contributed by atoms with Crippen molar-refractivity contribution >= 4 is 5.97 Å². The predicted molar refractivity (Wildman–Crippen MR) is 95.6 cm³/mol. The average molecular weight is 382 g/mol. The normalized spacial score (nSPS) is 13.3. The second-order valence-electron chi connectivity index (χ2n) is 6.29. The molecule has 0 spiro atoms. The predicted octanol–water partition coefficient (Wildman–Crippen LogP) is 1.00. The number of carbonyl (C=O) groups excluding carboxylic acids is 1. The standard InChI is InChI=1S/C18H18N6O4/c25-17-9-8-15(20-23(17)10-11-27-14-4-2-1-3-5-14)18(26)28-12-16-19-21-22-24(16)13-6-7-13/h1-5,8-9,13H,6-7,10-12H2. The molecule has 0 bridgehead atoms. The fraction of sp³-hybridized carbons (Fsp3) is 0.333. The summed E-state index contributed by atoms with van der Waals surface area (Å²) in [6.07, 6.45) is 2.03. The first kappa shape index (κ1) is 17.8. The Morgan fingerprint density at radius 3 is 2.75 bits per heavy atom. The van der Waals surface area contributed by atoms with Gasteiger partial charge < -0.3 is 9.47 Å². The number of hydrogen-bond donors (Lipinski definition) is 0. The SMILES string of the molecule is O=C(OCc1nnnn1C1CC1)c1ccc(=O)n(CCOc2ccccc2)n1. The third kappa shape index (κ3) is 4.22. The minimum absolute atomic E-state index is 0.0322. The number of aromatic nitrogens is 6. The molecule has 4 rings (SSSR count). The lowest BCUT2D eigenvalue weighted by Gasteiger charge is -2.09. The van der Waals surface area contributed by atoms with Gasteiger partial charge in [0.1, 0.15) is 12.4 Å². The summed E-state index contributed by atoms with van der Waals surface area (Å²) in [5.41, 5.74) is -0.296. The second kappa shape index (κ2) is 7.99. The van der Waals surface area contributed by atoms with Crippen molar-refractivity contribution in [2.24, 2.45) is 0 Å². The number of hydrogen-bond acceptors (Lipinski definition) is 8. The van der Waals surface area contributed by atoms with Gasteiger partial charge in [0.05, 0.1) is 12.6 Å². The highest BCUT2D eigenvalue weighted by molar-refractivity contribution is 5.86. The molecule has 0 amide bonds. The molecule has 0 atom stereocenters. The summed E-state index contributed by atoms with van der Waals surface area (Å²) >= 11 is 0. The lowest BCUT2D eigenvalue weighted by atomic mass is 10.3. The lowest BCUT2D eigenvalue weighted by Crippen LogP contribution is -2.27. The monoisotopic (exact) mass is 382 g/mol. The van der Waals surface area contributed by atoms with Gasteiger partial charge in [-0.2, -0.15) is 5.10 Å². The van der Waals surface area contributed by atoms with Crippen LogP contribution in [0.25, 0.3) is 0 Å². The van der Waals surface area contributed by atoms with Gasteiger partial charge in [0.2, 0.25) is 0 Å². The minimum Gasteiger partial charge on any atom is -0.492 e. The van der Waals surface area contributed by atoms with Crippen molar-refractivity contribution in [3.05, 3.63) is 64.3 Å². The molecule has 0 aliphatic heterocycles. The molecule has 1 aliphatic carbocycles. The van der Waals surface area contributed by atoms with Crippen LogP contribution in [0, 0.1) is 0 Å². The zero-order chi connectivity index (χ0) is 19.3. The summed E-state index contributed by atoms with van der Waals surface area (Å²) in [5, 5.41) is 15.5. The van der Waals surface area contributed by atoms with Crippen molar-refractivity contribution in [2.75, 3.05) is 6.61 Å². The van der Waals surface area contributed by atoms with E-state index in [-0.39, 0.29) is 37.1 Å². The van der Waals surface area contributed by atoms with Gasteiger partial charge in [-0.15, -0.1) is 5.10 Å². The quantitative estimate of drug-likeness (QED) is 0.530. The van der Waals surface area contributed by atoms with Gasteiger partial charge in [0.15, 0.2) is 18.1 Å². The fourth-order valence-corrected chi connectivity index (χ4v) is 2.60. The fourth-order valence-electron chi connectivity index (χ4n) is 2.60. The van der Waals surface area contributed by atoms with Crippen molar-refractivity contribution < 1.29 is 14.3 Å². The number of ether oxygens (including phenoxy) is 2. The van der Waals surface area contributed by atoms with E-state index in [4.69, 9.17) is 9.47 Å². The molecule has 144 valence electrons. The number of rotatable bonds is 8. The van der Waals surface area contributed by atoms with Crippen LogP contribution in [0.4, 0.5) is 0 Å². The maximum atomic E-state index is 12.3. The molecular formula is C18H18N6O4. The van der Waals surface area contributed by atoms with E-state index >= 15 is 0 Å². The molecule has 0 unspecified atom stereocenters. The molecule has 0 saturated heterocycles. The molecule has 10 nitrogen and oxygen atoms in total. The van der Waals surface area contributed by atoms with E-state index in [1.807, 2.05) is 30.3 Å². The van der Waals surface area contributed by atoms with Crippen molar-refractivity contribution in [2.45, 2.75) is 32.0 Å². The lowest BCUT2D eigenvalue weighted by molar-refractivity contribution is 0.0445. The molecule has 3 aromatic rings. The zero-order valence-electron chi connectivity index (χ0n) is 15.0. The van der Waals surface area contributed by atoms with Crippen molar-refractivity contribution in [3.63, 3.8) is 0 Å². The Balaban J connectivity index is 1.36. The molecule has 1 fully saturated rings. The zero-order valence-corrected chi connectivity index (χ0v) is 15.0. The van der Waals surface area contributed by atoms with Crippen LogP contribution >= 0.6 is 0 Å². The summed E-state index contributed by atoms with van der Waals surface area (Å²) < 4.78 is 13.7. The average Bonchev–Trinajstić information content (AvgIpc) is 3.46. The Morgan fingerprint density at radius 2 is 1.96 bits per heavy atom. The third-order valence-electron chi connectivity index (χ3n) is 4.18. The molecule has 0 radical (unpaired) electrons. The van der Waals surface area contributed by atoms with Crippen molar-refractivity contribution in [1.29, 1.82) is 0 Å². The second-order valence-corrected chi connectivity index (χ2v) is 6.29. The van der Waals surface area contributed by atoms with Crippen LogP contribution in [-0.2, 0) is 17.9 Å². The molecule has 2 aromatic heterocycles. The smallest absolute Gasteiger partial charge is 0.359 e. The first-order valence-electron chi connectivity index (χ1n) is 8.90. The van der Waals surface area contributed by atoms with Crippen molar-refractivity contribution in [3.8, 4) is 5.75 Å². The number of tetrazole rings is 1. The summed E-state index contributed by atoms with van der Waals surface area (Å²) in [4.78, 5) is 24.3. The topological polar surface area (TPSA) is 114 Å². The van der Waals surface area contributed by atoms with Crippen LogP contribution in [0.3, 0.4) is 0 Å². The molecule has 0 N–H and O–H groups in total. The molecule has 1 aliphatic rings. The number of esters is 1. The molecule has 1 aromatic carbocycles. The van der Waals surface area contributed by atoms with E-state index in [9.17, 15) is 9.59 Å². The number of para-hydroxylation sites is 1. The van der Waals surface area contributed by atoms with E-state index in [1.54, 1.807) is 4.68 Å². The minimum atomic E-state index is -0.650. The Kier molecular flexibility index (Phi) is 5.09. The van der Waals surface area contributed by atoms with Crippen molar-refractivity contribution in [1.82, 2.24) is 30.0 Å². The molecule has 1 saturated carbocycles. The largest absolute Gasteiger partial charge is 0.492 e. The summed E-state index contributed by atoms with van der Waals surface area (Å²) in [6.45, 7) is 0.389. The first-order chi connectivity index (χ1) is 13.7. The van der Waals surface area contributed by atoms with Gasteiger partial charge in [-0.1, -0.05) is 18.2 Å². The van der Waals surface area contributed by atoms with Gasteiger partial charge in [-0.25, -0.2) is 14.2 Å². The van der Waals surface area contributed by atoms with Gasteiger partial charge >= 0.3 is 5.97 Å². The van der Waals surface area contributed by atoms with Gasteiger partial charge in [-0.3, -0.25) is 4.79 Å². The third-order valence-corrected chi connectivity index (χ3v) is 4.18. The van der Waals surface area contributed by atoms with E-state index in [2.05, 4.69) is 20.6 Å². The van der Waals surface area contributed by atoms with E-state index in [0.29, 0.717) is 11.6 Å². The van der Waals surface area contributed by atoms with Crippen LogP contribution in [0.1, 0.15) is 35.2 Å². The number of benzene rings is 1. The van der Waals surface area contributed by atoms with Crippen LogP contribution in [0.5, 0.6) is 5.75 Å². The van der Waals surface area contributed by atoms with Gasteiger partial charge in [0, 0.05) is 6.07 Å². The molecular weight excluding hydrogens is 364 g/mol. The highest BCUT2D eigenvalue weighted by atomic mass is 16.5. The highest BCUT2D eigenvalue weighted by Gasteiger charge is 2.28. The van der Waals surface area contributed by atoms with Crippen LogP contribution < -0.4 is 10.3 Å².